The summed E-state index contributed by atoms with van der Waals surface area (Å²) in [5, 5.41) is 4.08. The molecule has 0 saturated carbocycles. The Hall–Kier alpha value is -3.15. The Balaban J connectivity index is 1.41. The average Bonchev–Trinajstić information content (AvgIpc) is 3.27. The first kappa shape index (κ1) is 20.1. The van der Waals surface area contributed by atoms with Crippen LogP contribution in [0.1, 0.15) is 39.0 Å². The Labute approximate surface area is 175 Å². The van der Waals surface area contributed by atoms with Gasteiger partial charge in [-0.2, -0.15) is 4.98 Å². The van der Waals surface area contributed by atoms with Gasteiger partial charge in [-0.15, -0.1) is 0 Å². The molecule has 0 saturated heterocycles. The highest BCUT2D eigenvalue weighted by atomic mass is 19.1. The van der Waals surface area contributed by atoms with E-state index in [1.54, 1.807) is 18.2 Å². The number of ether oxygens (including phenoxy) is 2. The second kappa shape index (κ2) is 9.57. The highest BCUT2D eigenvalue weighted by Crippen LogP contribution is 2.28. The first-order chi connectivity index (χ1) is 14.7. The number of aromatic nitrogens is 2. The molecule has 4 rings (SSSR count). The minimum atomic E-state index is -0.490. The average molecular weight is 408 g/mol. The van der Waals surface area contributed by atoms with E-state index in [2.05, 4.69) is 17.1 Å². The van der Waals surface area contributed by atoms with E-state index in [0.29, 0.717) is 30.5 Å². The highest BCUT2D eigenvalue weighted by molar-refractivity contribution is 5.60. The van der Waals surface area contributed by atoms with E-state index in [0.717, 1.165) is 42.6 Å². The van der Waals surface area contributed by atoms with Crippen molar-refractivity contribution in [3.63, 3.8) is 0 Å². The van der Waals surface area contributed by atoms with Gasteiger partial charge in [0.2, 0.25) is 5.82 Å². The van der Waals surface area contributed by atoms with Crippen LogP contribution in [0.2, 0.25) is 0 Å². The van der Waals surface area contributed by atoms with E-state index in [4.69, 9.17) is 14.0 Å². The van der Waals surface area contributed by atoms with Gasteiger partial charge in [-0.1, -0.05) is 18.5 Å². The van der Waals surface area contributed by atoms with Crippen molar-refractivity contribution in [3.8, 4) is 34.3 Å². The largest absolute Gasteiger partial charge is 0.494 e. The van der Waals surface area contributed by atoms with Gasteiger partial charge in [-0.25, -0.2) is 4.39 Å². The van der Waals surface area contributed by atoms with Crippen LogP contribution in [0.3, 0.4) is 0 Å². The minimum absolute atomic E-state index is 0.185. The molecule has 1 aromatic heterocycles. The number of rotatable bonds is 8. The summed E-state index contributed by atoms with van der Waals surface area (Å²) >= 11 is 0. The van der Waals surface area contributed by atoms with Gasteiger partial charge in [0.15, 0.2) is 0 Å². The summed E-state index contributed by atoms with van der Waals surface area (Å²) in [7, 11) is 0. The first-order valence-electron chi connectivity index (χ1n) is 10.4. The Kier molecular flexibility index (Phi) is 6.42. The maximum absolute atomic E-state index is 13.8. The third-order valence-corrected chi connectivity index (χ3v) is 5.00. The zero-order chi connectivity index (χ0) is 20.8. The number of halogens is 1. The van der Waals surface area contributed by atoms with Gasteiger partial charge in [0.05, 0.1) is 6.61 Å². The zero-order valence-electron chi connectivity index (χ0n) is 17.0. The molecule has 1 unspecified atom stereocenters. The maximum Gasteiger partial charge on any atom is 0.258 e. The fourth-order valence-corrected chi connectivity index (χ4v) is 3.26. The molecule has 3 aromatic rings. The third-order valence-electron chi connectivity index (χ3n) is 5.00. The number of nitrogens with zero attached hydrogens (tertiary/aromatic N) is 2. The predicted molar refractivity (Wildman–Crippen MR) is 113 cm³/mol. The van der Waals surface area contributed by atoms with Crippen LogP contribution < -0.4 is 9.47 Å². The molecule has 6 heteroatoms. The Morgan fingerprint density at radius 1 is 1.03 bits per heavy atom. The topological polar surface area (TPSA) is 57.4 Å². The number of unbranched alkanes of at least 4 members (excludes halogenated alkanes) is 1. The number of hydrogen-bond acceptors (Lipinski definition) is 5. The molecule has 0 aliphatic heterocycles. The van der Waals surface area contributed by atoms with E-state index in [1.807, 2.05) is 36.4 Å². The molecule has 0 bridgehead atoms. The van der Waals surface area contributed by atoms with Crippen molar-refractivity contribution in [1.29, 1.82) is 0 Å². The summed E-state index contributed by atoms with van der Waals surface area (Å²) in [6.45, 7) is 2.85. The van der Waals surface area contributed by atoms with E-state index in [-0.39, 0.29) is 5.83 Å². The second-order valence-corrected chi connectivity index (χ2v) is 7.30. The summed E-state index contributed by atoms with van der Waals surface area (Å²) < 4.78 is 30.7. The molecule has 2 aromatic carbocycles. The van der Waals surface area contributed by atoms with E-state index >= 15 is 0 Å². The van der Waals surface area contributed by atoms with Crippen molar-refractivity contribution in [2.24, 2.45) is 0 Å². The monoisotopic (exact) mass is 408 g/mol. The van der Waals surface area contributed by atoms with Gasteiger partial charge in [0.25, 0.3) is 5.89 Å². The molecule has 0 fully saturated rings. The Bertz CT molecular complexity index is 980. The summed E-state index contributed by atoms with van der Waals surface area (Å²) in [5.41, 5.74) is 1.63. The second-order valence-electron chi connectivity index (χ2n) is 7.30. The molecule has 1 aliphatic rings. The number of hydrogen-bond donors (Lipinski definition) is 0. The molecule has 1 aliphatic carbocycles. The molecule has 0 spiro atoms. The molecule has 30 heavy (non-hydrogen) atoms. The van der Waals surface area contributed by atoms with Crippen LogP contribution in [0.25, 0.3) is 22.8 Å². The maximum atomic E-state index is 13.8. The summed E-state index contributed by atoms with van der Waals surface area (Å²) in [6, 6.07) is 14.9. The van der Waals surface area contributed by atoms with Crippen molar-refractivity contribution in [1.82, 2.24) is 10.1 Å². The highest BCUT2D eigenvalue weighted by Gasteiger charge is 2.19. The Morgan fingerprint density at radius 2 is 1.77 bits per heavy atom. The van der Waals surface area contributed by atoms with Crippen molar-refractivity contribution >= 4 is 0 Å². The van der Waals surface area contributed by atoms with Crippen molar-refractivity contribution in [2.75, 3.05) is 6.61 Å². The molecule has 0 amide bonds. The van der Waals surface area contributed by atoms with Crippen LogP contribution in [0, 0.1) is 0 Å². The first-order valence-corrected chi connectivity index (χ1v) is 10.4. The molecular weight excluding hydrogens is 383 g/mol. The smallest absolute Gasteiger partial charge is 0.258 e. The fourth-order valence-electron chi connectivity index (χ4n) is 3.26. The van der Waals surface area contributed by atoms with Gasteiger partial charge in [0, 0.05) is 11.1 Å². The van der Waals surface area contributed by atoms with Crippen LogP contribution in [0.15, 0.2) is 65.0 Å². The molecule has 5 nitrogen and oxygen atoms in total. The van der Waals surface area contributed by atoms with Crippen LogP contribution in [0.4, 0.5) is 4.39 Å². The standard InChI is InChI=1S/C24H25FN2O3/c1-2-3-16-28-19-12-10-18(11-13-19)24-26-23(27-30-24)17-8-14-20(15-9-17)29-22-7-5-4-6-21(22)25/h6,8-15,22H,2-5,7,16H2,1H3. The predicted octanol–water partition coefficient (Wildman–Crippen LogP) is 6.37. The molecular formula is C24H25FN2O3. The van der Waals surface area contributed by atoms with Crippen molar-refractivity contribution in [3.05, 3.63) is 60.4 Å². The van der Waals surface area contributed by atoms with Gasteiger partial charge < -0.3 is 14.0 Å². The van der Waals surface area contributed by atoms with Gasteiger partial charge in [-0.3, -0.25) is 0 Å². The van der Waals surface area contributed by atoms with Gasteiger partial charge in [-0.05, 0) is 80.3 Å². The van der Waals surface area contributed by atoms with Crippen molar-refractivity contribution < 1.29 is 18.4 Å². The zero-order valence-corrected chi connectivity index (χ0v) is 17.0. The molecule has 1 atom stereocenters. The molecule has 0 N–H and O–H groups in total. The molecule has 1 heterocycles. The fraction of sp³-hybridized carbons (Fsp3) is 0.333. The van der Waals surface area contributed by atoms with Crippen LogP contribution in [-0.2, 0) is 0 Å². The quantitative estimate of drug-likeness (QED) is 0.406. The number of allylic oxidation sites excluding steroid dienone is 1. The van der Waals surface area contributed by atoms with Crippen LogP contribution in [0.5, 0.6) is 11.5 Å². The van der Waals surface area contributed by atoms with Crippen molar-refractivity contribution in [2.45, 2.75) is 45.1 Å². The van der Waals surface area contributed by atoms with Crippen LogP contribution >= 0.6 is 0 Å². The Morgan fingerprint density at radius 3 is 2.50 bits per heavy atom. The van der Waals surface area contributed by atoms with E-state index in [9.17, 15) is 4.39 Å². The molecule has 0 radical (unpaired) electrons. The number of benzene rings is 2. The normalized spacial score (nSPS) is 16.2. The lowest BCUT2D eigenvalue weighted by Crippen LogP contribution is -2.19. The summed E-state index contributed by atoms with van der Waals surface area (Å²) in [5.74, 6) is 2.20. The lowest BCUT2D eigenvalue weighted by Gasteiger charge is -2.20. The van der Waals surface area contributed by atoms with Gasteiger partial charge in [0.1, 0.15) is 23.4 Å². The summed E-state index contributed by atoms with van der Waals surface area (Å²) in [6.07, 6.45) is 5.66. The minimum Gasteiger partial charge on any atom is -0.494 e. The molecule has 156 valence electrons. The van der Waals surface area contributed by atoms with E-state index < -0.39 is 6.10 Å². The lowest BCUT2D eigenvalue weighted by molar-refractivity contribution is 0.187. The third kappa shape index (κ3) is 4.87. The lowest BCUT2D eigenvalue weighted by atomic mass is 10.0. The van der Waals surface area contributed by atoms with Crippen LogP contribution in [-0.4, -0.2) is 22.9 Å². The van der Waals surface area contributed by atoms with E-state index in [1.165, 1.54) is 0 Å². The SMILES string of the molecule is CCCCOc1ccc(-c2nc(-c3ccc(OC4CCCC=C4F)cc3)no2)cc1. The summed E-state index contributed by atoms with van der Waals surface area (Å²) in [4.78, 5) is 4.48. The van der Waals surface area contributed by atoms with Gasteiger partial charge >= 0.3 is 0 Å².